The molecule has 0 aliphatic carbocycles. The van der Waals surface area contributed by atoms with Crippen molar-refractivity contribution < 1.29 is 23.1 Å². The molecule has 21 heavy (non-hydrogen) atoms. The molecular weight excluding hydrogens is 304 g/mol. The van der Waals surface area contributed by atoms with Gasteiger partial charge in [-0.1, -0.05) is 4.49 Å². The number of esters is 1. The standard InChI is InChI=1S/C12H9F2N3O3S/c1-2-20-12(19)9-11(21-17-16-9)15-10(18)6-3-7(13)5-8(14)4-6/h3-5H,2H2,1H3,(H,15,18). The van der Waals surface area contributed by atoms with Crippen LogP contribution < -0.4 is 5.32 Å². The topological polar surface area (TPSA) is 81.2 Å². The highest BCUT2D eigenvalue weighted by Crippen LogP contribution is 2.20. The number of benzene rings is 1. The van der Waals surface area contributed by atoms with Crippen LogP contribution in [0, 0.1) is 11.6 Å². The molecule has 2 aromatic rings. The van der Waals surface area contributed by atoms with Gasteiger partial charge in [-0.25, -0.2) is 13.6 Å². The summed E-state index contributed by atoms with van der Waals surface area (Å²) in [5, 5.41) is 5.91. The van der Waals surface area contributed by atoms with Gasteiger partial charge in [-0.05, 0) is 19.1 Å². The summed E-state index contributed by atoms with van der Waals surface area (Å²) in [6.07, 6.45) is 0. The van der Waals surface area contributed by atoms with Gasteiger partial charge in [0.25, 0.3) is 5.91 Å². The monoisotopic (exact) mass is 313 g/mol. The summed E-state index contributed by atoms with van der Waals surface area (Å²) in [5.74, 6) is -3.29. The molecule has 1 N–H and O–H groups in total. The maximum absolute atomic E-state index is 13.1. The average molecular weight is 313 g/mol. The first-order chi connectivity index (χ1) is 10.0. The first-order valence-electron chi connectivity index (χ1n) is 5.78. The Morgan fingerprint density at radius 2 is 1.95 bits per heavy atom. The molecule has 0 saturated heterocycles. The van der Waals surface area contributed by atoms with Crippen molar-refractivity contribution in [1.82, 2.24) is 9.59 Å². The number of rotatable bonds is 4. The number of aromatic nitrogens is 2. The van der Waals surface area contributed by atoms with Crippen LogP contribution >= 0.6 is 11.5 Å². The molecule has 1 aromatic heterocycles. The molecule has 0 bridgehead atoms. The lowest BCUT2D eigenvalue weighted by atomic mass is 10.2. The van der Waals surface area contributed by atoms with E-state index in [9.17, 15) is 18.4 Å². The summed E-state index contributed by atoms with van der Waals surface area (Å²) in [5.41, 5.74) is -0.386. The molecule has 0 aliphatic rings. The molecule has 0 aliphatic heterocycles. The lowest BCUT2D eigenvalue weighted by Crippen LogP contribution is -2.15. The molecule has 0 fully saturated rings. The van der Waals surface area contributed by atoms with Crippen molar-refractivity contribution in [2.24, 2.45) is 0 Å². The zero-order valence-corrected chi connectivity index (χ0v) is 11.5. The molecular formula is C12H9F2N3O3S. The molecule has 0 unspecified atom stereocenters. The van der Waals surface area contributed by atoms with Gasteiger partial charge >= 0.3 is 5.97 Å². The number of halogens is 2. The predicted octanol–water partition coefficient (Wildman–Crippen LogP) is 2.25. The smallest absolute Gasteiger partial charge is 0.362 e. The van der Waals surface area contributed by atoms with Gasteiger partial charge in [0.1, 0.15) is 11.6 Å². The van der Waals surface area contributed by atoms with Crippen LogP contribution in [0.25, 0.3) is 0 Å². The summed E-state index contributed by atoms with van der Waals surface area (Å²) in [4.78, 5) is 23.5. The first-order valence-corrected chi connectivity index (χ1v) is 6.55. The van der Waals surface area contributed by atoms with Crippen LogP contribution in [-0.4, -0.2) is 28.1 Å². The van der Waals surface area contributed by atoms with E-state index in [1.165, 1.54) is 0 Å². The Labute approximate surface area is 121 Å². The minimum atomic E-state index is -0.881. The van der Waals surface area contributed by atoms with E-state index in [0.29, 0.717) is 6.07 Å². The predicted molar refractivity (Wildman–Crippen MR) is 70.2 cm³/mol. The second-order valence-corrected chi connectivity index (χ2v) is 4.54. The van der Waals surface area contributed by atoms with Gasteiger partial charge in [-0.3, -0.25) is 4.79 Å². The zero-order chi connectivity index (χ0) is 15.4. The Morgan fingerprint density at radius 3 is 2.57 bits per heavy atom. The minimum Gasteiger partial charge on any atom is -0.461 e. The van der Waals surface area contributed by atoms with E-state index in [2.05, 4.69) is 14.9 Å². The van der Waals surface area contributed by atoms with Gasteiger partial charge in [0.15, 0.2) is 5.00 Å². The van der Waals surface area contributed by atoms with Gasteiger partial charge in [0.05, 0.1) is 6.61 Å². The maximum Gasteiger partial charge on any atom is 0.362 e. The van der Waals surface area contributed by atoms with Gasteiger partial charge in [0.2, 0.25) is 5.69 Å². The first kappa shape index (κ1) is 15.0. The quantitative estimate of drug-likeness (QED) is 0.876. The van der Waals surface area contributed by atoms with E-state index in [1.807, 2.05) is 0 Å². The van der Waals surface area contributed by atoms with Crippen molar-refractivity contribution in [3.05, 3.63) is 41.1 Å². The van der Waals surface area contributed by atoms with Crippen molar-refractivity contribution in [2.45, 2.75) is 6.92 Å². The van der Waals surface area contributed by atoms with Crippen LogP contribution in [0.2, 0.25) is 0 Å². The third-order valence-corrected chi connectivity index (χ3v) is 2.95. The molecule has 9 heteroatoms. The van der Waals surface area contributed by atoms with Gasteiger partial charge in [0, 0.05) is 23.2 Å². The van der Waals surface area contributed by atoms with Crippen molar-refractivity contribution in [2.75, 3.05) is 11.9 Å². The fourth-order valence-electron chi connectivity index (χ4n) is 1.47. The third kappa shape index (κ3) is 3.57. The number of hydrogen-bond donors (Lipinski definition) is 1. The van der Waals surface area contributed by atoms with Gasteiger partial charge < -0.3 is 10.1 Å². The summed E-state index contributed by atoms with van der Waals surface area (Å²) in [7, 11) is 0. The number of nitrogens with zero attached hydrogens (tertiary/aromatic N) is 2. The Kier molecular flexibility index (Phi) is 4.53. The second-order valence-electron chi connectivity index (χ2n) is 3.78. The summed E-state index contributed by atoms with van der Waals surface area (Å²) in [6, 6.07) is 2.39. The highest BCUT2D eigenvalue weighted by molar-refractivity contribution is 7.10. The Morgan fingerprint density at radius 1 is 1.29 bits per heavy atom. The third-order valence-electron chi connectivity index (χ3n) is 2.31. The largest absolute Gasteiger partial charge is 0.461 e. The van der Waals surface area contributed by atoms with Gasteiger partial charge in [-0.2, -0.15) is 0 Å². The van der Waals surface area contributed by atoms with Crippen LogP contribution in [0.5, 0.6) is 0 Å². The number of carbonyl (C=O) groups is 2. The highest BCUT2D eigenvalue weighted by atomic mass is 32.1. The second kappa shape index (κ2) is 6.35. The molecule has 1 aromatic carbocycles. The van der Waals surface area contributed by atoms with Crippen molar-refractivity contribution in [3.8, 4) is 0 Å². The van der Waals surface area contributed by atoms with E-state index in [1.54, 1.807) is 6.92 Å². The number of amides is 1. The molecule has 2 rings (SSSR count). The van der Waals surface area contributed by atoms with E-state index < -0.39 is 23.5 Å². The molecule has 1 amide bonds. The van der Waals surface area contributed by atoms with Crippen LogP contribution in [0.3, 0.4) is 0 Å². The highest BCUT2D eigenvalue weighted by Gasteiger charge is 2.20. The van der Waals surface area contributed by atoms with Crippen molar-refractivity contribution in [3.63, 3.8) is 0 Å². The number of anilines is 1. The van der Waals surface area contributed by atoms with E-state index >= 15 is 0 Å². The Hall–Kier alpha value is -2.42. The fourth-order valence-corrected chi connectivity index (χ4v) is 2.02. The average Bonchev–Trinajstić information content (AvgIpc) is 2.86. The lowest BCUT2D eigenvalue weighted by molar-refractivity contribution is 0.0520. The molecule has 0 saturated carbocycles. The number of carbonyl (C=O) groups excluding carboxylic acids is 2. The lowest BCUT2D eigenvalue weighted by Gasteiger charge is -2.04. The van der Waals surface area contributed by atoms with Crippen molar-refractivity contribution >= 4 is 28.4 Å². The summed E-state index contributed by atoms with van der Waals surface area (Å²) >= 11 is 0.754. The molecule has 0 atom stereocenters. The van der Waals surface area contributed by atoms with Crippen LogP contribution in [0.1, 0.15) is 27.8 Å². The van der Waals surface area contributed by atoms with Crippen molar-refractivity contribution in [1.29, 1.82) is 0 Å². The molecule has 6 nitrogen and oxygen atoms in total. The molecule has 1 heterocycles. The van der Waals surface area contributed by atoms with Gasteiger partial charge in [-0.15, -0.1) is 5.10 Å². The van der Waals surface area contributed by atoms with Crippen LogP contribution in [0.15, 0.2) is 18.2 Å². The molecule has 110 valence electrons. The van der Waals surface area contributed by atoms with E-state index in [-0.39, 0.29) is 22.9 Å². The van der Waals surface area contributed by atoms with E-state index in [4.69, 9.17) is 4.74 Å². The Balaban J connectivity index is 2.20. The van der Waals surface area contributed by atoms with E-state index in [0.717, 1.165) is 23.7 Å². The number of ether oxygens (including phenoxy) is 1. The Bertz CT molecular complexity index is 670. The molecule has 0 spiro atoms. The normalized spacial score (nSPS) is 10.2. The SMILES string of the molecule is CCOC(=O)c1nnsc1NC(=O)c1cc(F)cc(F)c1. The summed E-state index contributed by atoms with van der Waals surface area (Å²) in [6.45, 7) is 1.75. The van der Waals surface area contributed by atoms with Crippen LogP contribution in [-0.2, 0) is 4.74 Å². The fraction of sp³-hybridized carbons (Fsp3) is 0.167. The zero-order valence-electron chi connectivity index (χ0n) is 10.7. The molecule has 0 radical (unpaired) electrons. The van der Waals surface area contributed by atoms with Crippen LogP contribution in [0.4, 0.5) is 13.8 Å². The number of hydrogen-bond acceptors (Lipinski definition) is 6. The minimum absolute atomic E-state index is 0.0446. The maximum atomic E-state index is 13.1. The number of nitrogens with one attached hydrogen (secondary N) is 1. The summed E-state index contributed by atoms with van der Waals surface area (Å²) < 4.78 is 34.4.